The van der Waals surface area contributed by atoms with Crippen molar-refractivity contribution in [1.82, 2.24) is 9.55 Å². The average molecular weight is 269 g/mol. The van der Waals surface area contributed by atoms with E-state index in [0.29, 0.717) is 6.54 Å². The van der Waals surface area contributed by atoms with Crippen molar-refractivity contribution >= 4 is 15.9 Å². The molecule has 1 rings (SSSR count). The minimum absolute atomic E-state index is 0.119. The Morgan fingerprint density at radius 3 is 2.86 bits per heavy atom. The number of nitrogens with zero attached hydrogens (tertiary/aromatic N) is 2. The molecule has 0 aliphatic rings. The molecule has 0 aliphatic heterocycles. The Labute approximate surface area is 88.9 Å². The highest BCUT2D eigenvalue weighted by Gasteiger charge is 2.37. The van der Waals surface area contributed by atoms with Gasteiger partial charge in [0, 0.05) is 6.54 Å². The summed E-state index contributed by atoms with van der Waals surface area (Å²) >= 11 is 2.13. The second-order valence-corrected chi connectivity index (χ2v) is 4.01. The predicted molar refractivity (Wildman–Crippen MR) is 51.4 cm³/mol. The van der Waals surface area contributed by atoms with Crippen LogP contribution in [0.3, 0.4) is 0 Å². The third-order valence-electron chi connectivity index (χ3n) is 1.80. The summed E-state index contributed by atoms with van der Waals surface area (Å²) < 4.78 is 27.0. The van der Waals surface area contributed by atoms with E-state index in [0.717, 1.165) is 6.42 Å². The van der Waals surface area contributed by atoms with Crippen LogP contribution < -0.4 is 0 Å². The summed E-state index contributed by atoms with van der Waals surface area (Å²) in [6, 6.07) is 0. The first kappa shape index (κ1) is 11.6. The number of aliphatic hydroxyl groups excluding tert-OH is 1. The smallest absolute Gasteiger partial charge is 0.332 e. The summed E-state index contributed by atoms with van der Waals surface area (Å²) in [5.41, 5.74) is 0.119. The number of aromatic nitrogens is 2. The van der Waals surface area contributed by atoms with Gasteiger partial charge in [0.05, 0.1) is 18.2 Å². The summed E-state index contributed by atoms with van der Waals surface area (Å²) in [4.78, 5) is 0.403. The summed E-state index contributed by atoms with van der Waals surface area (Å²) in [6.45, 7) is 2.48. The van der Waals surface area contributed by atoms with Crippen LogP contribution in [0.5, 0.6) is 0 Å². The van der Waals surface area contributed by atoms with Crippen LogP contribution >= 0.6 is 15.9 Å². The fourth-order valence-corrected chi connectivity index (χ4v) is 1.39. The maximum atomic E-state index is 12.7. The fourth-order valence-electron chi connectivity index (χ4n) is 1.15. The molecule has 0 bridgehead atoms. The molecule has 1 aromatic heterocycles. The molecule has 80 valence electrons. The van der Waals surface area contributed by atoms with Gasteiger partial charge in [-0.05, 0) is 22.4 Å². The lowest BCUT2D eigenvalue weighted by atomic mass is 10.2. The molecule has 0 spiro atoms. The average Bonchev–Trinajstić information content (AvgIpc) is 2.50. The van der Waals surface area contributed by atoms with Gasteiger partial charge in [-0.25, -0.2) is 4.98 Å². The normalized spacial score (nSPS) is 14.4. The number of halogens is 3. The number of rotatable bonds is 4. The second kappa shape index (κ2) is 4.35. The van der Waals surface area contributed by atoms with Gasteiger partial charge in [-0.3, -0.25) is 0 Å². The van der Waals surface area contributed by atoms with Gasteiger partial charge in [0.1, 0.15) is 0 Å². The van der Waals surface area contributed by atoms with Crippen LogP contribution in [0.15, 0.2) is 12.5 Å². The second-order valence-electron chi connectivity index (χ2n) is 2.96. The highest BCUT2D eigenvalue weighted by atomic mass is 79.9. The summed E-state index contributed by atoms with van der Waals surface area (Å²) in [5.74, 6) is 0. The Morgan fingerprint density at radius 1 is 1.71 bits per heavy atom. The number of alkyl halides is 3. The van der Waals surface area contributed by atoms with Gasteiger partial charge < -0.3 is 9.67 Å². The van der Waals surface area contributed by atoms with E-state index in [1.165, 1.54) is 17.1 Å². The molecule has 14 heavy (non-hydrogen) atoms. The molecule has 6 heteroatoms. The number of aliphatic hydroxyl groups is 1. The van der Waals surface area contributed by atoms with E-state index in [9.17, 15) is 13.9 Å². The Balaban J connectivity index is 2.89. The quantitative estimate of drug-likeness (QED) is 0.852. The molecule has 1 unspecified atom stereocenters. The van der Waals surface area contributed by atoms with Crippen molar-refractivity contribution in [2.24, 2.45) is 0 Å². The van der Waals surface area contributed by atoms with Gasteiger partial charge in [0.2, 0.25) is 0 Å². The molecule has 0 radical (unpaired) electrons. The van der Waals surface area contributed by atoms with Crippen molar-refractivity contribution in [3.63, 3.8) is 0 Å². The maximum Gasteiger partial charge on any atom is 0.332 e. The lowest BCUT2D eigenvalue weighted by molar-refractivity contribution is -0.0335. The molecule has 0 aromatic carbocycles. The van der Waals surface area contributed by atoms with Gasteiger partial charge >= 0.3 is 4.83 Å². The summed E-state index contributed by atoms with van der Waals surface area (Å²) in [5, 5.41) is 9.30. The lowest BCUT2D eigenvalue weighted by Crippen LogP contribution is -2.21. The molecule has 1 atom stereocenters. The van der Waals surface area contributed by atoms with E-state index in [-0.39, 0.29) is 5.69 Å². The molecule has 3 nitrogen and oxygen atoms in total. The van der Waals surface area contributed by atoms with Crippen molar-refractivity contribution in [1.29, 1.82) is 0 Å². The third kappa shape index (κ3) is 2.51. The highest BCUT2D eigenvalue weighted by Crippen LogP contribution is 2.36. The van der Waals surface area contributed by atoms with Crippen LogP contribution in [-0.2, 0) is 6.54 Å². The SMILES string of the molecule is CCCn1cncc1C(O)C(F)(F)Br. The molecule has 1 N–H and O–H groups in total. The van der Waals surface area contributed by atoms with Crippen LogP contribution in [0.1, 0.15) is 25.1 Å². The first-order valence-electron chi connectivity index (χ1n) is 4.21. The van der Waals surface area contributed by atoms with Crippen molar-refractivity contribution in [2.75, 3.05) is 0 Å². The van der Waals surface area contributed by atoms with Crippen LogP contribution in [0.25, 0.3) is 0 Å². The molecule has 1 aromatic rings. The first-order chi connectivity index (χ1) is 6.46. The van der Waals surface area contributed by atoms with Gasteiger partial charge in [-0.2, -0.15) is 8.78 Å². The summed E-state index contributed by atoms with van der Waals surface area (Å²) in [6.07, 6.45) is 1.61. The number of aryl methyl sites for hydroxylation is 1. The standard InChI is InChI=1S/C8H11BrF2N2O/c1-2-3-13-5-12-4-6(13)7(14)8(9,10)11/h4-5,7,14H,2-3H2,1H3. The fraction of sp³-hybridized carbons (Fsp3) is 0.625. The van der Waals surface area contributed by atoms with Crippen LogP contribution in [-0.4, -0.2) is 19.5 Å². The van der Waals surface area contributed by atoms with Crippen LogP contribution in [0.2, 0.25) is 0 Å². The van der Waals surface area contributed by atoms with Crippen molar-refractivity contribution in [3.8, 4) is 0 Å². The zero-order chi connectivity index (χ0) is 10.8. The van der Waals surface area contributed by atoms with E-state index in [1.54, 1.807) is 0 Å². The third-order valence-corrected chi connectivity index (χ3v) is 2.23. The largest absolute Gasteiger partial charge is 0.380 e. The van der Waals surface area contributed by atoms with E-state index in [1.807, 2.05) is 6.92 Å². The Hall–Kier alpha value is -0.490. The molecular formula is C8H11BrF2N2O. The van der Waals surface area contributed by atoms with E-state index >= 15 is 0 Å². The molecule has 0 saturated heterocycles. The molecule has 0 aliphatic carbocycles. The predicted octanol–water partition coefficient (Wildman–Crippen LogP) is 2.31. The number of hydrogen-bond acceptors (Lipinski definition) is 2. The minimum Gasteiger partial charge on any atom is -0.380 e. The monoisotopic (exact) mass is 268 g/mol. The maximum absolute atomic E-state index is 12.7. The Morgan fingerprint density at radius 2 is 2.36 bits per heavy atom. The lowest BCUT2D eigenvalue weighted by Gasteiger charge is -2.17. The molecular weight excluding hydrogens is 258 g/mol. The number of imidazole rings is 1. The van der Waals surface area contributed by atoms with Crippen LogP contribution in [0.4, 0.5) is 8.78 Å². The van der Waals surface area contributed by atoms with Gasteiger partial charge in [-0.1, -0.05) is 6.92 Å². The number of hydrogen-bond donors (Lipinski definition) is 1. The zero-order valence-electron chi connectivity index (χ0n) is 7.62. The van der Waals surface area contributed by atoms with Gasteiger partial charge in [-0.15, -0.1) is 0 Å². The highest BCUT2D eigenvalue weighted by molar-refractivity contribution is 9.10. The minimum atomic E-state index is -3.32. The van der Waals surface area contributed by atoms with Crippen molar-refractivity contribution in [2.45, 2.75) is 30.8 Å². The van der Waals surface area contributed by atoms with Crippen molar-refractivity contribution in [3.05, 3.63) is 18.2 Å². The summed E-state index contributed by atoms with van der Waals surface area (Å²) in [7, 11) is 0. The Kier molecular flexibility index (Phi) is 3.60. The van der Waals surface area contributed by atoms with Gasteiger partial charge in [0.25, 0.3) is 0 Å². The van der Waals surface area contributed by atoms with Crippen LogP contribution in [0, 0.1) is 0 Å². The van der Waals surface area contributed by atoms with Gasteiger partial charge in [0.15, 0.2) is 6.10 Å². The van der Waals surface area contributed by atoms with Crippen molar-refractivity contribution < 1.29 is 13.9 Å². The molecule has 0 saturated carbocycles. The van der Waals surface area contributed by atoms with E-state index < -0.39 is 10.9 Å². The topological polar surface area (TPSA) is 38.0 Å². The zero-order valence-corrected chi connectivity index (χ0v) is 9.21. The van der Waals surface area contributed by atoms with E-state index in [2.05, 4.69) is 20.9 Å². The van der Waals surface area contributed by atoms with E-state index in [4.69, 9.17) is 0 Å². The first-order valence-corrected chi connectivity index (χ1v) is 5.01. The Bertz CT molecular complexity index is 298. The molecule has 0 amide bonds. The molecule has 1 heterocycles. The molecule has 0 fully saturated rings.